The van der Waals surface area contributed by atoms with Crippen LogP contribution in [-0.2, 0) is 14.3 Å². The van der Waals surface area contributed by atoms with E-state index in [1.54, 1.807) is 0 Å². The molecule has 3 rings (SSSR count). The number of carboxylic acids is 2. The maximum Gasteiger partial charge on any atom is 0.490 e. The Morgan fingerprint density at radius 1 is 0.926 bits per heavy atom. The number of hydrogen-bond donors (Lipinski definition) is 3. The number of hydrogen-bond acceptors (Lipinski definition) is 5. The molecule has 0 amide bonds. The van der Waals surface area contributed by atoms with Gasteiger partial charge in [-0.2, -0.15) is 26.3 Å². The van der Waals surface area contributed by atoms with Crippen LogP contribution in [0.5, 0.6) is 0 Å². The summed E-state index contributed by atoms with van der Waals surface area (Å²) in [6.45, 7) is 7.09. The highest BCUT2D eigenvalue weighted by atomic mass is 19.4. The second-order valence-electron chi connectivity index (χ2n) is 6.44. The van der Waals surface area contributed by atoms with Crippen LogP contribution >= 0.6 is 0 Å². The number of carbonyl (C=O) groups is 2. The van der Waals surface area contributed by atoms with Crippen LogP contribution in [-0.4, -0.2) is 84.8 Å². The zero-order valence-electron chi connectivity index (χ0n) is 14.1. The molecular formula is C14H20F6N2O5. The lowest BCUT2D eigenvalue weighted by Crippen LogP contribution is -2.61. The van der Waals surface area contributed by atoms with E-state index in [2.05, 4.69) is 10.2 Å². The average Bonchev–Trinajstić information content (AvgIpc) is 2.44. The van der Waals surface area contributed by atoms with E-state index in [1.807, 2.05) is 0 Å². The summed E-state index contributed by atoms with van der Waals surface area (Å²) < 4.78 is 68.7. The summed E-state index contributed by atoms with van der Waals surface area (Å²) in [6.07, 6.45) is -7.37. The van der Waals surface area contributed by atoms with Gasteiger partial charge in [0.1, 0.15) is 0 Å². The number of halogens is 6. The van der Waals surface area contributed by atoms with E-state index < -0.39 is 24.3 Å². The zero-order valence-corrected chi connectivity index (χ0v) is 14.1. The van der Waals surface area contributed by atoms with Crippen molar-refractivity contribution in [3.05, 3.63) is 0 Å². The fourth-order valence-electron chi connectivity index (χ4n) is 2.63. The van der Waals surface area contributed by atoms with E-state index >= 15 is 0 Å². The van der Waals surface area contributed by atoms with Gasteiger partial charge in [0.05, 0.1) is 19.3 Å². The molecule has 0 aliphatic carbocycles. The van der Waals surface area contributed by atoms with Gasteiger partial charge in [0.25, 0.3) is 0 Å². The van der Waals surface area contributed by atoms with Crippen molar-refractivity contribution in [1.29, 1.82) is 0 Å². The Balaban J connectivity index is 0.000000226. The fraction of sp³-hybridized carbons (Fsp3) is 0.857. The van der Waals surface area contributed by atoms with Crippen LogP contribution in [0, 0.1) is 5.41 Å². The lowest BCUT2D eigenvalue weighted by Gasteiger charge is -2.51. The first kappa shape index (κ1) is 23.4. The second kappa shape index (κ2) is 9.06. The third-order valence-corrected chi connectivity index (χ3v) is 4.48. The Kier molecular flexibility index (Phi) is 7.87. The topological polar surface area (TPSA) is 99.1 Å². The quantitative estimate of drug-likeness (QED) is 0.561. The van der Waals surface area contributed by atoms with Crippen LogP contribution in [0.2, 0.25) is 0 Å². The number of rotatable bonds is 1. The molecule has 3 fully saturated rings. The maximum atomic E-state index is 10.6. The standard InChI is InChI=1S/C10H18N2O.2C2HF3O2/c1-3-12(9-5-13-6-9)4-2-10(1)7-11-8-10;2*3-2(4,5)1(6)7/h9,11H,1-8H2;2*(H,6,7). The monoisotopic (exact) mass is 410 g/mol. The third-order valence-electron chi connectivity index (χ3n) is 4.48. The van der Waals surface area contributed by atoms with Gasteiger partial charge in [0.15, 0.2) is 0 Å². The summed E-state index contributed by atoms with van der Waals surface area (Å²) in [5.41, 5.74) is 0.696. The molecule has 7 nitrogen and oxygen atoms in total. The van der Waals surface area contributed by atoms with Crippen molar-refractivity contribution in [3.63, 3.8) is 0 Å². The molecule has 3 saturated heterocycles. The predicted molar refractivity (Wildman–Crippen MR) is 78.1 cm³/mol. The van der Waals surface area contributed by atoms with Gasteiger partial charge < -0.3 is 20.3 Å². The number of nitrogens with zero attached hydrogens (tertiary/aromatic N) is 1. The van der Waals surface area contributed by atoms with Crippen molar-refractivity contribution < 1.29 is 50.9 Å². The van der Waals surface area contributed by atoms with Crippen molar-refractivity contribution in [2.24, 2.45) is 5.41 Å². The first-order chi connectivity index (χ1) is 12.3. The Labute approximate surface area is 150 Å². The van der Waals surface area contributed by atoms with E-state index in [-0.39, 0.29) is 0 Å². The fourth-order valence-corrected chi connectivity index (χ4v) is 2.63. The van der Waals surface area contributed by atoms with E-state index in [1.165, 1.54) is 39.0 Å². The molecule has 0 aromatic heterocycles. The molecule has 0 atom stereocenters. The first-order valence-corrected chi connectivity index (χ1v) is 7.90. The van der Waals surface area contributed by atoms with Crippen LogP contribution in [0.3, 0.4) is 0 Å². The summed E-state index contributed by atoms with van der Waals surface area (Å²) in [4.78, 5) is 20.4. The molecule has 0 saturated carbocycles. The number of alkyl halides is 6. The molecule has 0 aromatic rings. The molecule has 0 bridgehead atoms. The van der Waals surface area contributed by atoms with Gasteiger partial charge in [-0.25, -0.2) is 9.59 Å². The van der Waals surface area contributed by atoms with E-state index in [0.717, 1.165) is 19.3 Å². The van der Waals surface area contributed by atoms with Gasteiger partial charge in [-0.15, -0.1) is 0 Å². The molecule has 13 heteroatoms. The Bertz CT molecular complexity index is 483. The van der Waals surface area contributed by atoms with E-state index in [4.69, 9.17) is 24.5 Å². The highest BCUT2D eigenvalue weighted by molar-refractivity contribution is 5.73. The van der Waals surface area contributed by atoms with Crippen LogP contribution in [0.4, 0.5) is 26.3 Å². The zero-order chi connectivity index (χ0) is 20.9. The Morgan fingerprint density at radius 3 is 1.48 bits per heavy atom. The van der Waals surface area contributed by atoms with Gasteiger partial charge in [0.2, 0.25) is 0 Å². The van der Waals surface area contributed by atoms with Crippen LogP contribution in [0.25, 0.3) is 0 Å². The predicted octanol–water partition coefficient (Wildman–Crippen LogP) is 1.34. The third kappa shape index (κ3) is 7.50. The highest BCUT2D eigenvalue weighted by Gasteiger charge is 2.41. The summed E-state index contributed by atoms with van der Waals surface area (Å²) >= 11 is 0. The average molecular weight is 410 g/mol. The van der Waals surface area contributed by atoms with Gasteiger partial charge in [0, 0.05) is 13.1 Å². The molecule has 0 aromatic carbocycles. The largest absolute Gasteiger partial charge is 0.490 e. The van der Waals surface area contributed by atoms with Crippen molar-refractivity contribution >= 4 is 11.9 Å². The maximum absolute atomic E-state index is 10.6. The van der Waals surface area contributed by atoms with Crippen molar-refractivity contribution in [2.75, 3.05) is 39.4 Å². The van der Waals surface area contributed by atoms with Crippen LogP contribution in [0.15, 0.2) is 0 Å². The minimum Gasteiger partial charge on any atom is -0.475 e. The second-order valence-corrected chi connectivity index (χ2v) is 6.44. The summed E-state index contributed by atoms with van der Waals surface area (Å²) in [5.74, 6) is -5.51. The highest BCUT2D eigenvalue weighted by Crippen LogP contribution is 2.35. The Hall–Kier alpha value is -1.60. The number of likely N-dealkylation sites (tertiary alicyclic amines) is 1. The smallest absolute Gasteiger partial charge is 0.475 e. The molecule has 3 N–H and O–H groups in total. The van der Waals surface area contributed by atoms with Gasteiger partial charge in [-0.05, 0) is 31.3 Å². The summed E-state index contributed by atoms with van der Waals surface area (Å²) in [5, 5.41) is 17.7. The Morgan fingerprint density at radius 2 is 1.30 bits per heavy atom. The van der Waals surface area contributed by atoms with Gasteiger partial charge in [-0.3, -0.25) is 4.90 Å². The number of aliphatic carboxylic acids is 2. The SMILES string of the molecule is C1OCC1N1CCC2(CC1)CNC2.O=C(O)C(F)(F)F.O=C(O)C(F)(F)F. The molecule has 3 heterocycles. The van der Waals surface area contributed by atoms with E-state index in [9.17, 15) is 26.3 Å². The number of ether oxygens (including phenoxy) is 1. The molecule has 1 spiro atoms. The first-order valence-electron chi connectivity index (χ1n) is 7.90. The molecule has 27 heavy (non-hydrogen) atoms. The van der Waals surface area contributed by atoms with Crippen molar-refractivity contribution in [1.82, 2.24) is 10.2 Å². The van der Waals surface area contributed by atoms with Crippen LogP contribution < -0.4 is 5.32 Å². The lowest BCUT2D eigenvalue weighted by atomic mass is 9.73. The molecule has 3 aliphatic heterocycles. The number of nitrogens with one attached hydrogen (secondary N) is 1. The van der Waals surface area contributed by atoms with Gasteiger partial charge in [-0.1, -0.05) is 0 Å². The molecule has 3 aliphatic rings. The van der Waals surface area contributed by atoms with Crippen molar-refractivity contribution in [2.45, 2.75) is 31.2 Å². The minimum absolute atomic E-state index is 0.696. The normalized spacial score (nSPS) is 22.3. The number of carboxylic acid groups (broad SMARTS) is 2. The summed E-state index contributed by atoms with van der Waals surface area (Å²) in [6, 6.07) is 0.755. The van der Waals surface area contributed by atoms with Crippen LogP contribution in [0.1, 0.15) is 12.8 Å². The number of piperidine rings is 1. The van der Waals surface area contributed by atoms with Gasteiger partial charge >= 0.3 is 24.3 Å². The molecular weight excluding hydrogens is 390 g/mol. The molecule has 158 valence electrons. The molecule has 0 unspecified atom stereocenters. The van der Waals surface area contributed by atoms with Crippen molar-refractivity contribution in [3.8, 4) is 0 Å². The summed E-state index contributed by atoms with van der Waals surface area (Å²) in [7, 11) is 0. The van der Waals surface area contributed by atoms with E-state index in [0.29, 0.717) is 5.41 Å². The minimum atomic E-state index is -5.08. The molecule has 0 radical (unpaired) electrons. The lowest BCUT2D eigenvalue weighted by molar-refractivity contribution is -0.193.